The average Bonchev–Trinajstić information content (AvgIpc) is 3.59. The summed E-state index contributed by atoms with van der Waals surface area (Å²) < 4.78 is 6.82. The Hall–Kier alpha value is -2.55. The van der Waals surface area contributed by atoms with Gasteiger partial charge in [0, 0.05) is 0 Å². The molecule has 0 saturated carbocycles. The summed E-state index contributed by atoms with van der Waals surface area (Å²) in [5.41, 5.74) is 13.8. The van der Waals surface area contributed by atoms with Crippen LogP contribution in [0.3, 0.4) is 0 Å². The van der Waals surface area contributed by atoms with E-state index in [2.05, 4.69) is 146 Å². The van der Waals surface area contributed by atoms with Crippen molar-refractivity contribution in [2.75, 3.05) is 0 Å². The molecule has 2 aliphatic carbocycles. The van der Waals surface area contributed by atoms with E-state index in [1.807, 2.05) is 0 Å². The van der Waals surface area contributed by atoms with Gasteiger partial charge in [0.2, 0.25) is 0 Å². The van der Waals surface area contributed by atoms with Gasteiger partial charge in [-0.3, -0.25) is 0 Å². The number of hydrogen-bond donors (Lipinski definition) is 0. The molecule has 0 N–H and O–H groups in total. The fourth-order valence-corrected chi connectivity index (χ4v) is 52.5. The van der Waals surface area contributed by atoms with Crippen LogP contribution in [0.4, 0.5) is 0 Å². The topological polar surface area (TPSA) is 0 Å². The number of allylic oxidation sites excluding steroid dienone is 2. The van der Waals surface area contributed by atoms with Crippen LogP contribution in [-0.4, -0.2) is 5.49 Å². The summed E-state index contributed by atoms with van der Waals surface area (Å²) in [6.07, 6.45) is 10.3. The van der Waals surface area contributed by atoms with Crippen molar-refractivity contribution in [3.63, 3.8) is 0 Å². The second-order valence-electron chi connectivity index (χ2n) is 12.7. The van der Waals surface area contributed by atoms with Gasteiger partial charge < -0.3 is 0 Å². The standard InChI is InChI=1S/2C16H13.C3H8Si.2CH3.Hf/c2*1-12-6-2-3-9-14(12)16-11-5-8-13-7-4-10-15(13)16;1-3-4-2;;;/h2*2-11H,1H3;3H2,1-2H3;2*1H3;. The molecule has 0 fully saturated rings. The molecule has 4 aromatic rings. The zero-order valence-electron chi connectivity index (χ0n) is 24.3. The van der Waals surface area contributed by atoms with Crippen molar-refractivity contribution < 1.29 is 17.1 Å². The Balaban J connectivity index is 1.55. The molecule has 2 atom stereocenters. The molecular weight excluding hydrogens is 651 g/mol. The molecule has 2 aliphatic rings. The minimum absolute atomic E-state index is 0.566. The van der Waals surface area contributed by atoms with E-state index >= 15 is 0 Å². The monoisotopic (exact) mass is 692 g/mol. The first-order valence-corrected chi connectivity index (χ1v) is 33.4. The van der Waals surface area contributed by atoms with Gasteiger partial charge in [0.05, 0.1) is 0 Å². The van der Waals surface area contributed by atoms with Gasteiger partial charge in [-0.25, -0.2) is 0 Å². The van der Waals surface area contributed by atoms with Crippen LogP contribution in [0.25, 0.3) is 34.4 Å². The Morgan fingerprint density at radius 3 is 1.41 bits per heavy atom. The average molecular weight is 691 g/mol. The molecule has 6 rings (SSSR count). The molecule has 0 bridgehead atoms. The van der Waals surface area contributed by atoms with Crippen LogP contribution in [0.1, 0.15) is 47.7 Å². The zero-order chi connectivity index (χ0) is 27.4. The predicted molar refractivity (Wildman–Crippen MR) is 171 cm³/mol. The predicted octanol–water partition coefficient (Wildman–Crippen LogP) is 10.9. The molecule has 0 heterocycles. The second-order valence-corrected chi connectivity index (χ2v) is 60.3. The molecule has 0 amide bonds. The zero-order valence-corrected chi connectivity index (χ0v) is 28.8. The Morgan fingerprint density at radius 2 is 1.00 bits per heavy atom. The third-order valence-electron chi connectivity index (χ3n) is 10.5. The Morgan fingerprint density at radius 1 is 0.590 bits per heavy atom. The molecule has 0 aromatic heterocycles. The number of benzene rings is 4. The van der Waals surface area contributed by atoms with Crippen LogP contribution in [0.5, 0.6) is 0 Å². The molecule has 2 unspecified atom stereocenters. The van der Waals surface area contributed by atoms with Crippen molar-refractivity contribution in [3.8, 4) is 22.3 Å². The molecule has 0 radical (unpaired) electrons. The third kappa shape index (κ3) is 4.01. The Labute approximate surface area is 236 Å². The van der Waals surface area contributed by atoms with E-state index in [-0.39, 0.29) is 0 Å². The molecule has 196 valence electrons. The van der Waals surface area contributed by atoms with Crippen molar-refractivity contribution in [2.24, 2.45) is 0 Å². The number of hydrogen-bond acceptors (Lipinski definition) is 0. The maximum absolute atomic E-state index is 3.71. The van der Waals surface area contributed by atoms with E-state index in [1.54, 1.807) is 11.1 Å². The summed E-state index contributed by atoms with van der Waals surface area (Å²) in [6, 6.07) is 33.3. The van der Waals surface area contributed by atoms with Crippen molar-refractivity contribution >= 4 is 17.6 Å². The molecule has 4 aromatic carbocycles. The van der Waals surface area contributed by atoms with Gasteiger partial charge in [-0.15, -0.1) is 0 Å². The van der Waals surface area contributed by atoms with E-state index in [1.165, 1.54) is 50.6 Å². The van der Waals surface area contributed by atoms with Crippen molar-refractivity contribution in [1.82, 2.24) is 0 Å². The van der Waals surface area contributed by atoms with Crippen LogP contribution >= 0.6 is 0 Å². The SMILES string of the molecule is CC[Si](C)=[Hf]([CH3])([CH3])([CH]1C=Cc2c(-c3ccccc3C)cccc21)[CH]1C=Cc2c(-c3ccccc3C)cccc21. The van der Waals surface area contributed by atoms with Crippen LogP contribution in [0.2, 0.25) is 22.0 Å². The Bertz CT molecular complexity index is 1630. The van der Waals surface area contributed by atoms with Crippen molar-refractivity contribution in [3.05, 3.63) is 130 Å². The van der Waals surface area contributed by atoms with Gasteiger partial charge in [-0.2, -0.15) is 0 Å². The molecule has 2 heteroatoms. The van der Waals surface area contributed by atoms with E-state index in [0.717, 1.165) is 0 Å². The van der Waals surface area contributed by atoms with E-state index < -0.39 is 22.6 Å². The summed E-state index contributed by atoms with van der Waals surface area (Å²) in [5.74, 6) is 0. The quantitative estimate of drug-likeness (QED) is 0.183. The summed E-state index contributed by atoms with van der Waals surface area (Å²) in [6.45, 7) is 9.62. The van der Waals surface area contributed by atoms with Gasteiger partial charge in [-0.1, -0.05) is 0 Å². The first kappa shape index (κ1) is 26.7. The molecule has 0 aliphatic heterocycles. The fraction of sp³-hybridized carbons (Fsp3) is 0.243. The molecule has 39 heavy (non-hydrogen) atoms. The fourth-order valence-electron chi connectivity index (χ4n) is 7.72. The molecule has 0 spiro atoms. The maximum atomic E-state index is 2.84. The van der Waals surface area contributed by atoms with Crippen molar-refractivity contribution in [2.45, 2.75) is 50.1 Å². The van der Waals surface area contributed by atoms with Crippen LogP contribution in [-0.2, 0) is 17.1 Å². The summed E-state index contributed by atoms with van der Waals surface area (Å²) in [4.78, 5) is 0. The van der Waals surface area contributed by atoms with Crippen LogP contribution < -0.4 is 0 Å². The van der Waals surface area contributed by atoms with Crippen LogP contribution in [0, 0.1) is 13.8 Å². The Kier molecular flexibility index (Phi) is 6.71. The molecule has 0 nitrogen and oxygen atoms in total. The van der Waals surface area contributed by atoms with Gasteiger partial charge in [0.15, 0.2) is 0 Å². The summed E-state index contributed by atoms with van der Waals surface area (Å²) >= 11 is -3.71. The first-order chi connectivity index (χ1) is 18.7. The van der Waals surface area contributed by atoms with Crippen LogP contribution in [0.15, 0.2) is 97.1 Å². The first-order valence-electron chi connectivity index (χ1n) is 14.5. The second kappa shape index (κ2) is 9.82. The van der Waals surface area contributed by atoms with Gasteiger partial charge in [0.25, 0.3) is 0 Å². The number of aryl methyl sites for hydroxylation is 2. The summed E-state index contributed by atoms with van der Waals surface area (Å²) in [7, 11) is 0. The van der Waals surface area contributed by atoms with Crippen molar-refractivity contribution in [1.29, 1.82) is 0 Å². The number of rotatable bonds is 5. The molecular formula is C37H40HfSi. The van der Waals surface area contributed by atoms with E-state index in [9.17, 15) is 0 Å². The van der Waals surface area contributed by atoms with Gasteiger partial charge in [0.1, 0.15) is 0 Å². The number of fused-ring (bicyclic) bond motifs is 2. The normalized spacial score (nSPS) is 17.8. The third-order valence-corrected chi connectivity index (χ3v) is 69.6. The summed E-state index contributed by atoms with van der Waals surface area (Å²) in [5, 5.41) is 0. The molecule has 0 saturated heterocycles. The van der Waals surface area contributed by atoms with E-state index in [0.29, 0.717) is 7.35 Å². The minimum atomic E-state index is -3.71. The van der Waals surface area contributed by atoms with Gasteiger partial charge >= 0.3 is 238 Å². The van der Waals surface area contributed by atoms with E-state index in [4.69, 9.17) is 0 Å². The van der Waals surface area contributed by atoms with Gasteiger partial charge in [-0.05, 0) is 0 Å².